The molecule has 0 spiro atoms. The smallest absolute Gasteiger partial charge is 0.249 e. The molecule has 66 valence electrons. The summed E-state index contributed by atoms with van der Waals surface area (Å²) >= 11 is 0. The molecule has 3 nitrogen and oxygen atoms in total. The quantitative estimate of drug-likeness (QED) is 0.576. The normalized spacial score (nSPS) is 25.3. The van der Waals surface area contributed by atoms with Gasteiger partial charge in [0.2, 0.25) is 5.91 Å². The summed E-state index contributed by atoms with van der Waals surface area (Å²) in [6, 6.07) is 0.456. The van der Waals surface area contributed by atoms with Gasteiger partial charge >= 0.3 is 0 Å². The van der Waals surface area contributed by atoms with Crippen LogP contribution in [0.5, 0.6) is 0 Å². The molecule has 1 saturated carbocycles. The Bertz CT molecular complexity index is 207. The lowest BCUT2D eigenvalue weighted by atomic mass is 9.94. The van der Waals surface area contributed by atoms with Crippen LogP contribution in [0.25, 0.3) is 0 Å². The zero-order valence-corrected chi connectivity index (χ0v) is 7.20. The second-order valence-corrected chi connectivity index (χ2v) is 3.55. The van der Waals surface area contributed by atoms with Gasteiger partial charge in [-0.1, -0.05) is 19.3 Å². The summed E-state index contributed by atoms with van der Waals surface area (Å²) in [5, 5.41) is 0. The summed E-state index contributed by atoms with van der Waals surface area (Å²) in [6.07, 6.45) is 7.91. The number of carbonyl (C=O) groups is 1. The van der Waals surface area contributed by atoms with Crippen molar-refractivity contribution in [2.45, 2.75) is 38.1 Å². The van der Waals surface area contributed by atoms with Gasteiger partial charge in [-0.2, -0.15) is 0 Å². The van der Waals surface area contributed by atoms with Gasteiger partial charge in [0.1, 0.15) is 6.54 Å². The van der Waals surface area contributed by atoms with Crippen molar-refractivity contribution in [2.75, 3.05) is 6.54 Å². The van der Waals surface area contributed by atoms with E-state index in [9.17, 15) is 4.79 Å². The van der Waals surface area contributed by atoms with E-state index in [0.717, 1.165) is 12.8 Å². The second kappa shape index (κ2) is 3.25. The number of amides is 1. The summed E-state index contributed by atoms with van der Waals surface area (Å²) in [4.78, 5) is 17.1. The highest BCUT2D eigenvalue weighted by atomic mass is 16.2. The van der Waals surface area contributed by atoms with Gasteiger partial charge in [0.15, 0.2) is 0 Å². The molecule has 0 unspecified atom stereocenters. The molecular weight excluding hydrogens is 152 g/mol. The highest BCUT2D eigenvalue weighted by molar-refractivity contribution is 5.94. The number of nitrogens with zero attached hydrogens (tertiary/aromatic N) is 2. The Kier molecular flexibility index (Phi) is 2.11. The number of hydrogen-bond donors (Lipinski definition) is 0. The van der Waals surface area contributed by atoms with Gasteiger partial charge in [-0.15, -0.1) is 0 Å². The molecule has 2 aliphatic rings. The molecule has 1 aliphatic heterocycles. The number of rotatable bonds is 1. The van der Waals surface area contributed by atoms with E-state index in [4.69, 9.17) is 0 Å². The van der Waals surface area contributed by atoms with Gasteiger partial charge in [-0.3, -0.25) is 14.7 Å². The third kappa shape index (κ3) is 1.36. The van der Waals surface area contributed by atoms with E-state index in [1.165, 1.54) is 19.3 Å². The first kappa shape index (κ1) is 7.77. The number of aliphatic imine (C=N–C) groups is 1. The van der Waals surface area contributed by atoms with Gasteiger partial charge in [-0.25, -0.2) is 0 Å². The van der Waals surface area contributed by atoms with Crippen LogP contribution in [-0.2, 0) is 4.79 Å². The van der Waals surface area contributed by atoms with Crippen molar-refractivity contribution in [3.8, 4) is 0 Å². The van der Waals surface area contributed by atoms with Crippen LogP contribution in [0.3, 0.4) is 0 Å². The molecule has 1 heterocycles. The molecule has 0 saturated heterocycles. The fourth-order valence-electron chi connectivity index (χ4n) is 2.01. The fraction of sp³-hybridized carbons (Fsp3) is 0.778. The maximum absolute atomic E-state index is 11.3. The first-order valence-corrected chi connectivity index (χ1v) is 4.69. The van der Waals surface area contributed by atoms with E-state index in [1.807, 2.05) is 4.90 Å². The Morgan fingerprint density at radius 2 is 2.08 bits per heavy atom. The Balaban J connectivity index is 1.97. The van der Waals surface area contributed by atoms with Crippen molar-refractivity contribution in [1.82, 2.24) is 4.90 Å². The molecule has 0 radical (unpaired) electrons. The maximum atomic E-state index is 11.3. The average molecular weight is 166 g/mol. The van der Waals surface area contributed by atoms with Crippen molar-refractivity contribution in [1.29, 1.82) is 0 Å². The van der Waals surface area contributed by atoms with Crippen molar-refractivity contribution in [2.24, 2.45) is 4.99 Å². The van der Waals surface area contributed by atoms with Gasteiger partial charge in [0.05, 0.1) is 6.34 Å². The third-order valence-corrected chi connectivity index (χ3v) is 2.69. The molecule has 2 rings (SSSR count). The lowest BCUT2D eigenvalue weighted by Crippen LogP contribution is -2.38. The third-order valence-electron chi connectivity index (χ3n) is 2.69. The van der Waals surface area contributed by atoms with Crippen LogP contribution in [0.15, 0.2) is 4.99 Å². The molecule has 0 aromatic heterocycles. The predicted molar refractivity (Wildman–Crippen MR) is 47.1 cm³/mol. The Hall–Kier alpha value is -0.860. The molecule has 0 atom stereocenters. The Morgan fingerprint density at radius 3 is 2.67 bits per heavy atom. The van der Waals surface area contributed by atoms with Crippen LogP contribution < -0.4 is 0 Å². The van der Waals surface area contributed by atoms with E-state index >= 15 is 0 Å². The van der Waals surface area contributed by atoms with Crippen LogP contribution in [0, 0.1) is 0 Å². The van der Waals surface area contributed by atoms with E-state index < -0.39 is 0 Å². The maximum Gasteiger partial charge on any atom is 0.249 e. The molecule has 0 aromatic rings. The van der Waals surface area contributed by atoms with E-state index in [2.05, 4.69) is 4.99 Å². The van der Waals surface area contributed by atoms with E-state index in [0.29, 0.717) is 12.6 Å². The lowest BCUT2D eigenvalue weighted by Gasteiger charge is -2.28. The van der Waals surface area contributed by atoms with Gasteiger partial charge in [0.25, 0.3) is 0 Å². The molecule has 1 amide bonds. The summed E-state index contributed by atoms with van der Waals surface area (Å²) in [6.45, 7) is 0.372. The highest BCUT2D eigenvalue weighted by Crippen LogP contribution is 2.22. The minimum Gasteiger partial charge on any atom is -0.299 e. The summed E-state index contributed by atoms with van der Waals surface area (Å²) in [7, 11) is 0. The minimum absolute atomic E-state index is 0.182. The van der Waals surface area contributed by atoms with Crippen molar-refractivity contribution < 1.29 is 4.79 Å². The minimum atomic E-state index is 0.182. The second-order valence-electron chi connectivity index (χ2n) is 3.55. The molecule has 0 N–H and O–H groups in total. The lowest BCUT2D eigenvalue weighted by molar-refractivity contribution is -0.126. The molecule has 3 heteroatoms. The first-order chi connectivity index (χ1) is 5.88. The monoisotopic (exact) mass is 166 g/mol. The molecular formula is C9H14N2O. The van der Waals surface area contributed by atoms with E-state index in [-0.39, 0.29) is 5.91 Å². The molecule has 0 bridgehead atoms. The standard InChI is InChI=1S/C9H14N2O/c12-9-6-10-7-11(9)8-4-2-1-3-5-8/h7-8H,1-6H2. The number of hydrogen-bond acceptors (Lipinski definition) is 2. The van der Waals surface area contributed by atoms with Crippen LogP contribution in [0.1, 0.15) is 32.1 Å². The van der Waals surface area contributed by atoms with Crippen LogP contribution in [0.2, 0.25) is 0 Å². The van der Waals surface area contributed by atoms with E-state index in [1.54, 1.807) is 6.34 Å². The molecule has 12 heavy (non-hydrogen) atoms. The zero-order valence-electron chi connectivity index (χ0n) is 7.20. The Morgan fingerprint density at radius 1 is 1.33 bits per heavy atom. The first-order valence-electron chi connectivity index (χ1n) is 4.69. The molecule has 1 fully saturated rings. The molecule has 0 aromatic carbocycles. The highest BCUT2D eigenvalue weighted by Gasteiger charge is 2.26. The van der Waals surface area contributed by atoms with Crippen LogP contribution in [0.4, 0.5) is 0 Å². The van der Waals surface area contributed by atoms with Crippen LogP contribution >= 0.6 is 0 Å². The van der Waals surface area contributed by atoms with Crippen molar-refractivity contribution in [3.63, 3.8) is 0 Å². The summed E-state index contributed by atoms with van der Waals surface area (Å²) < 4.78 is 0. The van der Waals surface area contributed by atoms with Gasteiger partial charge in [0, 0.05) is 6.04 Å². The fourth-order valence-corrected chi connectivity index (χ4v) is 2.01. The van der Waals surface area contributed by atoms with Crippen LogP contribution in [-0.4, -0.2) is 29.7 Å². The largest absolute Gasteiger partial charge is 0.299 e. The predicted octanol–water partition coefficient (Wildman–Crippen LogP) is 1.19. The summed E-state index contributed by atoms with van der Waals surface area (Å²) in [5.74, 6) is 0.182. The Labute approximate surface area is 72.5 Å². The summed E-state index contributed by atoms with van der Waals surface area (Å²) in [5.41, 5.74) is 0. The number of carbonyl (C=O) groups excluding carboxylic acids is 1. The average Bonchev–Trinajstić information content (AvgIpc) is 2.53. The van der Waals surface area contributed by atoms with Crippen molar-refractivity contribution in [3.05, 3.63) is 0 Å². The zero-order chi connectivity index (χ0) is 8.39. The SMILES string of the molecule is O=C1CN=CN1C1CCCCC1. The van der Waals surface area contributed by atoms with Gasteiger partial charge in [-0.05, 0) is 12.8 Å². The van der Waals surface area contributed by atoms with Crippen molar-refractivity contribution >= 4 is 12.2 Å². The van der Waals surface area contributed by atoms with Gasteiger partial charge < -0.3 is 0 Å². The topological polar surface area (TPSA) is 32.7 Å². The molecule has 1 aliphatic carbocycles.